The minimum Gasteiger partial charge on any atom is -0.497 e. The van der Waals surface area contributed by atoms with Crippen LogP contribution in [0.4, 0.5) is 4.79 Å². The number of aliphatic carboxylic acids is 1. The van der Waals surface area contributed by atoms with Crippen LogP contribution in [0.1, 0.15) is 56.2 Å². The van der Waals surface area contributed by atoms with Gasteiger partial charge >= 0.3 is 18.0 Å². The van der Waals surface area contributed by atoms with Crippen molar-refractivity contribution in [2.24, 2.45) is 0 Å². The summed E-state index contributed by atoms with van der Waals surface area (Å²) in [6, 6.07) is 19.5. The molecule has 0 saturated carbocycles. The van der Waals surface area contributed by atoms with Crippen molar-refractivity contribution < 1.29 is 43.2 Å². The fourth-order valence-corrected chi connectivity index (χ4v) is 5.36. The Bertz CT molecular complexity index is 1530. The Morgan fingerprint density at radius 2 is 1.54 bits per heavy atom. The predicted molar refractivity (Wildman–Crippen MR) is 170 cm³/mol. The van der Waals surface area contributed by atoms with Crippen molar-refractivity contribution in [3.63, 3.8) is 0 Å². The number of carboxylic acids is 1. The lowest BCUT2D eigenvalue weighted by molar-refractivity contribution is -0.159. The average molecular weight is 633 g/mol. The second-order valence-corrected chi connectivity index (χ2v) is 11.9. The van der Waals surface area contributed by atoms with Gasteiger partial charge in [-0.3, -0.25) is 9.59 Å². The Kier molecular flexibility index (Phi) is 10.9. The zero-order valence-corrected chi connectivity index (χ0v) is 26.7. The summed E-state index contributed by atoms with van der Waals surface area (Å²) in [5.74, 6) is -1.72. The number of hydrogen-bond acceptors (Lipinski definition) is 8. The SMILES string of the molecule is COc1ccc(CN(CCC(=O)O)C(=O)C[C@H](NC(=O)OCC2c3ccccc3-c3ccccc32)C(=O)OC(C)(C)C)c(OC)c1. The highest BCUT2D eigenvalue weighted by atomic mass is 16.6. The van der Waals surface area contributed by atoms with E-state index < -0.39 is 42.0 Å². The first-order chi connectivity index (χ1) is 21.9. The van der Waals surface area contributed by atoms with Gasteiger partial charge in [0.05, 0.1) is 27.1 Å². The first-order valence-electron chi connectivity index (χ1n) is 14.9. The molecule has 3 aromatic carbocycles. The first-order valence-corrected chi connectivity index (χ1v) is 14.9. The predicted octanol–water partition coefficient (Wildman–Crippen LogP) is 5.15. The molecule has 1 aliphatic rings. The molecule has 244 valence electrons. The molecule has 0 saturated heterocycles. The van der Waals surface area contributed by atoms with Crippen molar-refractivity contribution >= 4 is 23.9 Å². The summed E-state index contributed by atoms with van der Waals surface area (Å²) in [6.45, 7) is 4.88. The van der Waals surface area contributed by atoms with Crippen molar-refractivity contribution in [2.45, 2.75) is 57.7 Å². The molecule has 2 N–H and O–H groups in total. The van der Waals surface area contributed by atoms with Crippen LogP contribution in [0.25, 0.3) is 11.1 Å². The Hall–Kier alpha value is -5.06. The summed E-state index contributed by atoms with van der Waals surface area (Å²) in [6.07, 6.45) is -1.71. The topological polar surface area (TPSA) is 141 Å². The fourth-order valence-electron chi connectivity index (χ4n) is 5.36. The lowest BCUT2D eigenvalue weighted by Crippen LogP contribution is -2.48. The number of ether oxygens (including phenoxy) is 4. The Balaban J connectivity index is 1.51. The molecule has 0 heterocycles. The maximum atomic E-state index is 13.7. The molecule has 4 rings (SSSR count). The van der Waals surface area contributed by atoms with Crippen LogP contribution in [0.5, 0.6) is 11.5 Å². The van der Waals surface area contributed by atoms with Crippen LogP contribution in [0.2, 0.25) is 0 Å². The van der Waals surface area contributed by atoms with E-state index in [-0.39, 0.29) is 32.0 Å². The molecular weight excluding hydrogens is 592 g/mol. The molecule has 0 unspecified atom stereocenters. The van der Waals surface area contributed by atoms with Gasteiger partial charge < -0.3 is 34.3 Å². The summed E-state index contributed by atoms with van der Waals surface area (Å²) in [4.78, 5) is 52.8. The van der Waals surface area contributed by atoms with E-state index in [0.29, 0.717) is 17.1 Å². The van der Waals surface area contributed by atoms with Crippen LogP contribution in [0.3, 0.4) is 0 Å². The van der Waals surface area contributed by atoms with Gasteiger partial charge in [0.25, 0.3) is 0 Å². The first kappa shape index (κ1) is 33.8. The van der Waals surface area contributed by atoms with Crippen LogP contribution in [0, 0.1) is 0 Å². The van der Waals surface area contributed by atoms with Crippen LogP contribution in [-0.4, -0.2) is 73.0 Å². The number of carbonyl (C=O) groups is 4. The molecule has 0 spiro atoms. The number of carboxylic acid groups (broad SMARTS) is 1. The van der Waals surface area contributed by atoms with Crippen LogP contribution < -0.4 is 14.8 Å². The summed E-state index contributed by atoms with van der Waals surface area (Å²) < 4.78 is 21.8. The molecule has 2 amide bonds. The monoisotopic (exact) mass is 632 g/mol. The van der Waals surface area contributed by atoms with E-state index in [4.69, 9.17) is 18.9 Å². The van der Waals surface area contributed by atoms with Crippen molar-refractivity contribution in [2.75, 3.05) is 27.4 Å². The molecule has 1 aliphatic carbocycles. The van der Waals surface area contributed by atoms with Gasteiger partial charge in [0.1, 0.15) is 29.7 Å². The van der Waals surface area contributed by atoms with Crippen molar-refractivity contribution in [1.82, 2.24) is 10.2 Å². The van der Waals surface area contributed by atoms with Crippen molar-refractivity contribution in [3.05, 3.63) is 83.4 Å². The molecule has 0 bridgehead atoms. The summed E-state index contributed by atoms with van der Waals surface area (Å²) in [5, 5.41) is 11.9. The highest BCUT2D eigenvalue weighted by Gasteiger charge is 2.33. The Labute approximate surface area is 268 Å². The second-order valence-electron chi connectivity index (χ2n) is 11.9. The number of nitrogens with one attached hydrogen (secondary N) is 1. The van der Waals surface area contributed by atoms with Gasteiger partial charge in [0.2, 0.25) is 5.91 Å². The van der Waals surface area contributed by atoms with E-state index in [1.54, 1.807) is 39.0 Å². The molecule has 46 heavy (non-hydrogen) atoms. The maximum absolute atomic E-state index is 13.7. The number of rotatable bonds is 13. The number of carbonyl (C=O) groups excluding carboxylic acids is 3. The molecule has 0 fully saturated rings. The molecule has 3 aromatic rings. The van der Waals surface area contributed by atoms with E-state index in [9.17, 15) is 24.3 Å². The van der Waals surface area contributed by atoms with Gasteiger partial charge in [-0.05, 0) is 55.2 Å². The third kappa shape index (κ3) is 8.56. The third-order valence-corrected chi connectivity index (χ3v) is 7.51. The van der Waals surface area contributed by atoms with Crippen LogP contribution >= 0.6 is 0 Å². The fraction of sp³-hybridized carbons (Fsp3) is 0.371. The van der Waals surface area contributed by atoms with Gasteiger partial charge in [0.15, 0.2) is 0 Å². The summed E-state index contributed by atoms with van der Waals surface area (Å²) in [7, 11) is 2.98. The maximum Gasteiger partial charge on any atom is 0.407 e. The molecule has 0 aliphatic heterocycles. The number of fused-ring (bicyclic) bond motifs is 3. The molecule has 11 nitrogen and oxygen atoms in total. The number of hydrogen-bond donors (Lipinski definition) is 2. The average Bonchev–Trinajstić information content (AvgIpc) is 3.34. The van der Waals surface area contributed by atoms with E-state index in [1.807, 2.05) is 48.5 Å². The zero-order valence-electron chi connectivity index (χ0n) is 26.7. The summed E-state index contributed by atoms with van der Waals surface area (Å²) in [5.41, 5.74) is 3.89. The highest BCUT2D eigenvalue weighted by Crippen LogP contribution is 2.44. The number of amides is 2. The van der Waals surface area contributed by atoms with Gasteiger partial charge in [-0.1, -0.05) is 48.5 Å². The minimum absolute atomic E-state index is 0.00867. The highest BCUT2D eigenvalue weighted by molar-refractivity contribution is 5.88. The van der Waals surface area contributed by atoms with E-state index in [2.05, 4.69) is 5.32 Å². The van der Waals surface area contributed by atoms with E-state index in [1.165, 1.54) is 19.1 Å². The van der Waals surface area contributed by atoms with Gasteiger partial charge in [0, 0.05) is 30.6 Å². The van der Waals surface area contributed by atoms with Crippen molar-refractivity contribution in [1.29, 1.82) is 0 Å². The van der Waals surface area contributed by atoms with E-state index >= 15 is 0 Å². The smallest absolute Gasteiger partial charge is 0.407 e. The van der Waals surface area contributed by atoms with Crippen LogP contribution in [-0.2, 0) is 30.4 Å². The largest absolute Gasteiger partial charge is 0.497 e. The summed E-state index contributed by atoms with van der Waals surface area (Å²) >= 11 is 0. The normalized spacial score (nSPS) is 12.7. The Morgan fingerprint density at radius 1 is 0.913 bits per heavy atom. The van der Waals surface area contributed by atoms with Crippen molar-refractivity contribution in [3.8, 4) is 22.6 Å². The number of alkyl carbamates (subject to hydrolysis) is 1. The molecule has 11 heteroatoms. The minimum atomic E-state index is -1.40. The lowest BCUT2D eigenvalue weighted by atomic mass is 9.98. The third-order valence-electron chi connectivity index (χ3n) is 7.51. The number of esters is 1. The number of methoxy groups -OCH3 is 2. The zero-order chi connectivity index (χ0) is 33.4. The van der Waals surface area contributed by atoms with Crippen LogP contribution in [0.15, 0.2) is 66.7 Å². The standard InChI is InChI=1S/C35H40N2O9/c1-35(2,3)46-33(41)29(19-31(38)37(17-16-32(39)40)20-22-14-15-23(43-4)18-30(22)44-5)36-34(42)45-21-28-26-12-8-6-10-24(26)25-11-7-9-13-27(25)28/h6-15,18,28-29H,16-17,19-21H2,1-5H3,(H,36,42)(H,39,40)/t29-/m0/s1. The second kappa shape index (κ2) is 14.8. The number of benzene rings is 3. The lowest BCUT2D eigenvalue weighted by Gasteiger charge is -2.27. The quantitative estimate of drug-likeness (QED) is 0.245. The molecule has 0 radical (unpaired) electrons. The van der Waals surface area contributed by atoms with E-state index in [0.717, 1.165) is 22.3 Å². The molecule has 1 atom stereocenters. The Morgan fingerprint density at radius 3 is 2.11 bits per heavy atom. The molecule has 0 aromatic heterocycles. The van der Waals surface area contributed by atoms with Gasteiger partial charge in [-0.25, -0.2) is 9.59 Å². The number of nitrogens with zero attached hydrogens (tertiary/aromatic N) is 1. The van der Waals surface area contributed by atoms with Gasteiger partial charge in [-0.15, -0.1) is 0 Å². The molecular formula is C35H40N2O9. The van der Waals surface area contributed by atoms with Gasteiger partial charge in [-0.2, -0.15) is 0 Å².